The summed E-state index contributed by atoms with van der Waals surface area (Å²) >= 11 is 0. The minimum Gasteiger partial charge on any atom is -0.462 e. The van der Waals surface area contributed by atoms with Crippen molar-refractivity contribution < 1.29 is 14.3 Å². The van der Waals surface area contributed by atoms with Crippen molar-refractivity contribution in [2.45, 2.75) is 33.2 Å². The lowest BCUT2D eigenvalue weighted by molar-refractivity contribution is -0.119. The lowest BCUT2D eigenvalue weighted by Crippen LogP contribution is -2.30. The molecule has 2 heterocycles. The highest BCUT2D eigenvalue weighted by molar-refractivity contribution is 5.92. The third-order valence-corrected chi connectivity index (χ3v) is 3.50. The van der Waals surface area contributed by atoms with Crippen molar-refractivity contribution in [2.24, 2.45) is 0 Å². The molecule has 1 aromatic heterocycles. The van der Waals surface area contributed by atoms with Gasteiger partial charge in [0.2, 0.25) is 5.91 Å². The molecule has 1 fully saturated rings. The van der Waals surface area contributed by atoms with Crippen LogP contribution in [0.2, 0.25) is 0 Å². The van der Waals surface area contributed by atoms with E-state index in [1.54, 1.807) is 20.8 Å². The smallest absolute Gasteiger partial charge is 0.340 e. The van der Waals surface area contributed by atoms with Gasteiger partial charge >= 0.3 is 5.97 Å². The van der Waals surface area contributed by atoms with Crippen molar-refractivity contribution in [2.75, 3.05) is 13.2 Å². The van der Waals surface area contributed by atoms with E-state index in [2.05, 4.69) is 5.32 Å². The molecule has 1 aliphatic heterocycles. The van der Waals surface area contributed by atoms with Crippen LogP contribution in [0.3, 0.4) is 0 Å². The van der Waals surface area contributed by atoms with E-state index in [9.17, 15) is 14.4 Å². The van der Waals surface area contributed by atoms with E-state index in [-0.39, 0.29) is 30.5 Å². The Morgan fingerprint density at radius 3 is 2.70 bits per heavy atom. The molecule has 0 bridgehead atoms. The number of hydrogen-bond acceptors (Lipinski definition) is 4. The maximum atomic E-state index is 12.2. The molecule has 1 aliphatic rings. The van der Waals surface area contributed by atoms with E-state index in [4.69, 9.17) is 4.74 Å². The van der Waals surface area contributed by atoms with Gasteiger partial charge in [-0.05, 0) is 26.3 Å². The maximum absolute atomic E-state index is 12.2. The Bertz CT molecular complexity index is 618. The van der Waals surface area contributed by atoms with Crippen LogP contribution in [0.1, 0.15) is 41.0 Å². The molecule has 0 spiro atoms. The molecule has 1 atom stereocenters. The summed E-state index contributed by atoms with van der Waals surface area (Å²) in [6.07, 6.45) is 0.256. The number of nitrogens with one attached hydrogen (secondary N) is 1. The van der Waals surface area contributed by atoms with Gasteiger partial charge in [0.15, 0.2) is 0 Å². The van der Waals surface area contributed by atoms with Gasteiger partial charge in [0.05, 0.1) is 18.2 Å². The number of rotatable bonds is 3. The van der Waals surface area contributed by atoms with Gasteiger partial charge in [-0.25, -0.2) is 4.79 Å². The predicted molar refractivity (Wildman–Crippen MR) is 72.8 cm³/mol. The van der Waals surface area contributed by atoms with Gasteiger partial charge in [0, 0.05) is 24.7 Å². The number of aryl methyl sites for hydroxylation is 1. The summed E-state index contributed by atoms with van der Waals surface area (Å²) in [6.45, 7) is 5.84. The summed E-state index contributed by atoms with van der Waals surface area (Å²) in [5.41, 5.74) is 1.36. The third-order valence-electron chi connectivity index (χ3n) is 3.50. The Labute approximate surface area is 116 Å². The first-order valence-corrected chi connectivity index (χ1v) is 6.62. The summed E-state index contributed by atoms with van der Waals surface area (Å²) in [4.78, 5) is 35.5. The molecule has 0 aromatic carbocycles. The lowest BCUT2D eigenvalue weighted by atomic mass is 10.1. The molecule has 6 heteroatoms. The van der Waals surface area contributed by atoms with Crippen LogP contribution in [0.25, 0.3) is 0 Å². The Morgan fingerprint density at radius 1 is 1.45 bits per heavy atom. The Kier molecular flexibility index (Phi) is 3.92. The normalized spacial score (nSPS) is 17.9. The molecule has 1 unspecified atom stereocenters. The third kappa shape index (κ3) is 2.45. The van der Waals surface area contributed by atoms with Crippen LogP contribution in [0.4, 0.5) is 0 Å². The number of aromatic nitrogens is 1. The minimum atomic E-state index is -0.437. The maximum Gasteiger partial charge on any atom is 0.340 e. The van der Waals surface area contributed by atoms with Crippen LogP contribution in [0.15, 0.2) is 10.9 Å². The Morgan fingerprint density at radius 2 is 2.15 bits per heavy atom. The van der Waals surface area contributed by atoms with Crippen LogP contribution < -0.4 is 10.9 Å². The molecule has 108 valence electrons. The zero-order valence-electron chi connectivity index (χ0n) is 11.9. The quantitative estimate of drug-likeness (QED) is 0.826. The van der Waals surface area contributed by atoms with E-state index in [0.29, 0.717) is 23.4 Å². The van der Waals surface area contributed by atoms with Gasteiger partial charge in [-0.15, -0.1) is 0 Å². The number of carbonyl (C=O) groups is 2. The van der Waals surface area contributed by atoms with Gasteiger partial charge in [-0.3, -0.25) is 9.59 Å². The summed E-state index contributed by atoms with van der Waals surface area (Å²) in [5, 5.41) is 2.70. The molecule has 1 saturated heterocycles. The van der Waals surface area contributed by atoms with Crippen LogP contribution in [-0.2, 0) is 9.53 Å². The summed E-state index contributed by atoms with van der Waals surface area (Å²) in [5.74, 6) is -0.520. The van der Waals surface area contributed by atoms with Crippen molar-refractivity contribution in [1.82, 2.24) is 9.88 Å². The predicted octanol–water partition coefficient (Wildman–Crippen LogP) is 0.703. The van der Waals surface area contributed by atoms with Gasteiger partial charge in [-0.1, -0.05) is 0 Å². The number of ether oxygens (including phenoxy) is 1. The van der Waals surface area contributed by atoms with E-state index >= 15 is 0 Å². The second kappa shape index (κ2) is 5.48. The molecular formula is C14H18N2O4. The van der Waals surface area contributed by atoms with Crippen LogP contribution >= 0.6 is 0 Å². The molecule has 1 amide bonds. The Balaban J connectivity index is 2.53. The van der Waals surface area contributed by atoms with Gasteiger partial charge in [0.1, 0.15) is 0 Å². The lowest BCUT2D eigenvalue weighted by Gasteiger charge is -2.19. The molecule has 1 N–H and O–H groups in total. The molecule has 0 saturated carbocycles. The van der Waals surface area contributed by atoms with Gasteiger partial charge < -0.3 is 14.6 Å². The van der Waals surface area contributed by atoms with E-state index in [1.165, 1.54) is 10.6 Å². The average molecular weight is 278 g/mol. The Hall–Kier alpha value is -2.11. The first kappa shape index (κ1) is 14.3. The fraction of sp³-hybridized carbons (Fsp3) is 0.500. The highest BCUT2D eigenvalue weighted by atomic mass is 16.5. The van der Waals surface area contributed by atoms with Crippen LogP contribution in [-0.4, -0.2) is 29.6 Å². The zero-order valence-corrected chi connectivity index (χ0v) is 11.9. The average Bonchev–Trinajstić information content (AvgIpc) is 2.75. The number of nitrogens with zero attached hydrogens (tertiary/aromatic N) is 1. The number of carbonyl (C=O) groups excluding carboxylic acids is 2. The monoisotopic (exact) mass is 278 g/mol. The topological polar surface area (TPSA) is 77.4 Å². The van der Waals surface area contributed by atoms with Crippen molar-refractivity contribution in [3.8, 4) is 0 Å². The molecule has 0 radical (unpaired) electrons. The second-order valence-electron chi connectivity index (χ2n) is 4.88. The van der Waals surface area contributed by atoms with Gasteiger partial charge in [0.25, 0.3) is 5.56 Å². The molecule has 2 rings (SSSR count). The largest absolute Gasteiger partial charge is 0.462 e. The first-order valence-electron chi connectivity index (χ1n) is 6.62. The fourth-order valence-electron chi connectivity index (χ4n) is 2.64. The van der Waals surface area contributed by atoms with E-state index < -0.39 is 5.97 Å². The number of amides is 1. The number of pyridine rings is 1. The fourth-order valence-corrected chi connectivity index (χ4v) is 2.64. The summed E-state index contributed by atoms with van der Waals surface area (Å²) in [7, 11) is 0. The van der Waals surface area contributed by atoms with Gasteiger partial charge in [-0.2, -0.15) is 0 Å². The molecule has 0 aliphatic carbocycles. The number of esters is 1. The molecular weight excluding hydrogens is 260 g/mol. The number of hydrogen-bond donors (Lipinski definition) is 1. The molecule has 20 heavy (non-hydrogen) atoms. The molecule has 1 aromatic rings. The van der Waals surface area contributed by atoms with Crippen molar-refractivity contribution in [1.29, 1.82) is 0 Å². The van der Waals surface area contributed by atoms with E-state index in [0.717, 1.165) is 0 Å². The minimum absolute atomic E-state index is 0.0837. The first-order chi connectivity index (χ1) is 9.45. The van der Waals surface area contributed by atoms with E-state index in [1.807, 2.05) is 0 Å². The van der Waals surface area contributed by atoms with Crippen molar-refractivity contribution in [3.05, 3.63) is 33.2 Å². The van der Waals surface area contributed by atoms with Crippen LogP contribution in [0.5, 0.6) is 0 Å². The highest BCUT2D eigenvalue weighted by Crippen LogP contribution is 2.20. The standard InChI is InChI=1S/C14H18N2O4/c1-4-20-14(19)13-8(2)5-12(18)16(9(13)3)10-6-11(17)15-7-10/h5,10H,4,6-7H2,1-3H3,(H,15,17). The second-order valence-corrected chi connectivity index (χ2v) is 4.88. The molecule has 6 nitrogen and oxygen atoms in total. The summed E-state index contributed by atoms with van der Waals surface area (Å²) < 4.78 is 6.54. The van der Waals surface area contributed by atoms with Crippen LogP contribution in [0, 0.1) is 13.8 Å². The SMILES string of the molecule is CCOC(=O)c1c(C)cc(=O)n(C2CNC(=O)C2)c1C. The van der Waals surface area contributed by atoms with Crippen molar-refractivity contribution >= 4 is 11.9 Å². The summed E-state index contributed by atoms with van der Waals surface area (Å²) in [6, 6.07) is 1.17. The zero-order chi connectivity index (χ0) is 14.9. The highest BCUT2D eigenvalue weighted by Gasteiger charge is 2.27. The van der Waals surface area contributed by atoms with Crippen molar-refractivity contribution in [3.63, 3.8) is 0 Å².